The van der Waals surface area contributed by atoms with Gasteiger partial charge in [0, 0.05) is 0 Å². The van der Waals surface area contributed by atoms with Gasteiger partial charge in [0.05, 0.1) is 10.6 Å². The maximum atomic E-state index is 10.9. The predicted molar refractivity (Wildman–Crippen MR) is 61.7 cm³/mol. The molecule has 0 amide bonds. The zero-order valence-electron chi connectivity index (χ0n) is 7.61. The van der Waals surface area contributed by atoms with Gasteiger partial charge in [-0.25, -0.2) is 4.79 Å². The van der Waals surface area contributed by atoms with Crippen molar-refractivity contribution in [1.29, 1.82) is 0 Å². The van der Waals surface area contributed by atoms with Crippen molar-refractivity contribution < 1.29 is 9.90 Å². The first-order chi connectivity index (χ1) is 7.18. The van der Waals surface area contributed by atoms with Gasteiger partial charge < -0.3 is 5.11 Å². The van der Waals surface area contributed by atoms with Gasteiger partial charge >= 0.3 is 5.97 Å². The van der Waals surface area contributed by atoms with Crippen molar-refractivity contribution in [3.8, 4) is 11.1 Å². The Kier molecular flexibility index (Phi) is 2.75. The third kappa shape index (κ3) is 2.03. The smallest absolute Gasteiger partial charge is 0.337 e. The molecule has 0 fully saturated rings. The molecular formula is C11H7ClO2S. The van der Waals surface area contributed by atoms with E-state index in [1.807, 2.05) is 22.9 Å². The van der Waals surface area contributed by atoms with Gasteiger partial charge in [-0.3, -0.25) is 0 Å². The second-order valence-electron chi connectivity index (χ2n) is 3.01. The molecule has 0 radical (unpaired) electrons. The van der Waals surface area contributed by atoms with Crippen LogP contribution in [0.3, 0.4) is 0 Å². The lowest BCUT2D eigenvalue weighted by molar-refractivity contribution is 0.0697. The van der Waals surface area contributed by atoms with Crippen molar-refractivity contribution in [2.45, 2.75) is 0 Å². The van der Waals surface area contributed by atoms with Crippen LogP contribution in [0.15, 0.2) is 35.0 Å². The van der Waals surface area contributed by atoms with Gasteiger partial charge in [0.2, 0.25) is 0 Å². The van der Waals surface area contributed by atoms with E-state index >= 15 is 0 Å². The number of hydrogen-bond acceptors (Lipinski definition) is 2. The molecule has 1 N–H and O–H groups in total. The molecule has 0 bridgehead atoms. The van der Waals surface area contributed by atoms with Gasteiger partial charge in [-0.1, -0.05) is 17.7 Å². The van der Waals surface area contributed by atoms with Crippen LogP contribution < -0.4 is 0 Å². The van der Waals surface area contributed by atoms with Crippen molar-refractivity contribution in [3.05, 3.63) is 45.6 Å². The minimum Gasteiger partial charge on any atom is -0.478 e. The Bertz CT molecular complexity index is 491. The lowest BCUT2D eigenvalue weighted by Gasteiger charge is -2.02. The van der Waals surface area contributed by atoms with Crippen LogP contribution in [-0.2, 0) is 0 Å². The summed E-state index contributed by atoms with van der Waals surface area (Å²) in [5, 5.41) is 13.1. The fourth-order valence-corrected chi connectivity index (χ4v) is 2.16. The molecule has 0 atom stereocenters. The summed E-state index contributed by atoms with van der Waals surface area (Å²) in [7, 11) is 0. The summed E-state index contributed by atoms with van der Waals surface area (Å²) in [5.74, 6) is -1.00. The summed E-state index contributed by atoms with van der Waals surface area (Å²) in [6, 6.07) is 6.96. The summed E-state index contributed by atoms with van der Waals surface area (Å²) in [6.07, 6.45) is 0. The Morgan fingerprint density at radius 3 is 2.67 bits per heavy atom. The predicted octanol–water partition coefficient (Wildman–Crippen LogP) is 3.77. The zero-order chi connectivity index (χ0) is 10.8. The zero-order valence-corrected chi connectivity index (χ0v) is 9.18. The molecule has 0 saturated carbocycles. The quantitative estimate of drug-likeness (QED) is 0.865. The monoisotopic (exact) mass is 238 g/mol. The summed E-state index contributed by atoms with van der Waals surface area (Å²) < 4.78 is 0. The van der Waals surface area contributed by atoms with Gasteiger partial charge in [0.15, 0.2) is 0 Å². The Morgan fingerprint density at radius 2 is 2.07 bits per heavy atom. The Morgan fingerprint density at radius 1 is 1.27 bits per heavy atom. The number of halogens is 1. The molecule has 2 nitrogen and oxygen atoms in total. The van der Waals surface area contributed by atoms with Crippen LogP contribution in [0.5, 0.6) is 0 Å². The number of carboxylic acids is 1. The summed E-state index contributed by atoms with van der Waals surface area (Å²) in [4.78, 5) is 10.9. The van der Waals surface area contributed by atoms with E-state index in [1.165, 1.54) is 0 Å². The maximum absolute atomic E-state index is 10.9. The first kappa shape index (κ1) is 10.2. The molecule has 0 aliphatic heterocycles. The average molecular weight is 239 g/mol. The van der Waals surface area contributed by atoms with Gasteiger partial charge in [-0.15, -0.1) is 0 Å². The molecule has 15 heavy (non-hydrogen) atoms. The topological polar surface area (TPSA) is 37.3 Å². The fraction of sp³-hybridized carbons (Fsp3) is 0. The van der Waals surface area contributed by atoms with Crippen LogP contribution in [0.1, 0.15) is 10.4 Å². The summed E-state index contributed by atoms with van der Waals surface area (Å²) in [5.41, 5.74) is 2.03. The molecule has 1 aromatic carbocycles. The standard InChI is InChI=1S/C11H7ClO2S/c12-10-2-1-7(5-9(10)11(13)14)8-3-4-15-6-8/h1-6H,(H,13,14). The number of carboxylic acid groups (broad SMARTS) is 1. The molecule has 4 heteroatoms. The first-order valence-electron chi connectivity index (χ1n) is 4.24. The Labute approximate surface area is 95.8 Å². The number of benzene rings is 1. The van der Waals surface area contributed by atoms with Crippen LogP contribution >= 0.6 is 22.9 Å². The normalized spacial score (nSPS) is 10.2. The minimum atomic E-state index is -1.00. The van der Waals surface area contributed by atoms with E-state index in [4.69, 9.17) is 16.7 Å². The highest BCUT2D eigenvalue weighted by atomic mass is 35.5. The SMILES string of the molecule is O=C(O)c1cc(-c2ccsc2)ccc1Cl. The molecule has 2 aromatic rings. The van der Waals surface area contributed by atoms with Gasteiger partial charge in [0.1, 0.15) is 0 Å². The molecule has 0 aliphatic rings. The lowest BCUT2D eigenvalue weighted by atomic mass is 10.1. The second kappa shape index (κ2) is 4.04. The fourth-order valence-electron chi connectivity index (χ4n) is 1.30. The summed E-state index contributed by atoms with van der Waals surface area (Å²) >= 11 is 7.35. The van der Waals surface area contributed by atoms with Crippen LogP contribution in [-0.4, -0.2) is 11.1 Å². The van der Waals surface area contributed by atoms with Crippen molar-refractivity contribution >= 4 is 28.9 Å². The Hall–Kier alpha value is -1.32. The van der Waals surface area contributed by atoms with E-state index in [0.29, 0.717) is 0 Å². The number of thiophene rings is 1. The number of rotatable bonds is 2. The van der Waals surface area contributed by atoms with Crippen LogP contribution in [0.2, 0.25) is 5.02 Å². The van der Waals surface area contributed by atoms with Gasteiger partial charge in [-0.2, -0.15) is 11.3 Å². The lowest BCUT2D eigenvalue weighted by Crippen LogP contribution is -1.97. The molecule has 0 saturated heterocycles. The molecule has 1 aromatic heterocycles. The van der Waals surface area contributed by atoms with E-state index < -0.39 is 5.97 Å². The van der Waals surface area contributed by atoms with Crippen LogP contribution in [0.4, 0.5) is 0 Å². The van der Waals surface area contributed by atoms with Crippen molar-refractivity contribution in [2.75, 3.05) is 0 Å². The first-order valence-corrected chi connectivity index (χ1v) is 5.56. The van der Waals surface area contributed by atoms with E-state index in [2.05, 4.69) is 0 Å². The maximum Gasteiger partial charge on any atom is 0.337 e. The second-order valence-corrected chi connectivity index (χ2v) is 4.20. The van der Waals surface area contributed by atoms with Crippen LogP contribution in [0, 0.1) is 0 Å². The number of hydrogen-bond donors (Lipinski definition) is 1. The van der Waals surface area contributed by atoms with Gasteiger partial charge in [0.25, 0.3) is 0 Å². The molecule has 0 spiro atoms. The molecular weight excluding hydrogens is 232 g/mol. The van der Waals surface area contributed by atoms with Crippen molar-refractivity contribution in [1.82, 2.24) is 0 Å². The summed E-state index contributed by atoms with van der Waals surface area (Å²) in [6.45, 7) is 0. The largest absolute Gasteiger partial charge is 0.478 e. The average Bonchev–Trinajstić information content (AvgIpc) is 2.71. The van der Waals surface area contributed by atoms with Gasteiger partial charge in [-0.05, 0) is 40.1 Å². The van der Waals surface area contributed by atoms with E-state index in [1.54, 1.807) is 23.5 Å². The van der Waals surface area contributed by atoms with E-state index in [0.717, 1.165) is 11.1 Å². The van der Waals surface area contributed by atoms with Crippen molar-refractivity contribution in [2.24, 2.45) is 0 Å². The minimum absolute atomic E-state index is 0.139. The molecule has 1 heterocycles. The van der Waals surface area contributed by atoms with Crippen molar-refractivity contribution in [3.63, 3.8) is 0 Å². The van der Waals surface area contributed by atoms with Crippen LogP contribution in [0.25, 0.3) is 11.1 Å². The third-order valence-electron chi connectivity index (χ3n) is 2.05. The highest BCUT2D eigenvalue weighted by molar-refractivity contribution is 7.08. The number of carbonyl (C=O) groups is 1. The molecule has 0 unspecified atom stereocenters. The highest BCUT2D eigenvalue weighted by Gasteiger charge is 2.10. The third-order valence-corrected chi connectivity index (χ3v) is 3.06. The molecule has 2 rings (SSSR count). The highest BCUT2D eigenvalue weighted by Crippen LogP contribution is 2.26. The Balaban J connectivity index is 2.52. The molecule has 76 valence electrons. The van der Waals surface area contributed by atoms with E-state index in [-0.39, 0.29) is 10.6 Å². The molecule has 0 aliphatic carbocycles. The number of aromatic carboxylic acids is 1. The van der Waals surface area contributed by atoms with E-state index in [9.17, 15) is 4.79 Å².